The first kappa shape index (κ1) is 14.0. The van der Waals surface area contributed by atoms with E-state index in [1.165, 1.54) is 38.5 Å². The number of hydrogen-bond donors (Lipinski definition) is 1. The standard InChI is InChI=1S/C14H29NO/c1-4-7-8-9-13(15-5-2)14(16-6-3)12-10-11-12/h12-15H,4-11H2,1-3H3. The van der Waals surface area contributed by atoms with Crippen LogP contribution in [0.25, 0.3) is 0 Å². The predicted molar refractivity (Wildman–Crippen MR) is 69.7 cm³/mol. The van der Waals surface area contributed by atoms with E-state index in [9.17, 15) is 0 Å². The van der Waals surface area contributed by atoms with Crippen LogP contribution in [0, 0.1) is 5.92 Å². The van der Waals surface area contributed by atoms with Crippen molar-refractivity contribution in [3.63, 3.8) is 0 Å². The van der Waals surface area contributed by atoms with Gasteiger partial charge in [-0.15, -0.1) is 0 Å². The van der Waals surface area contributed by atoms with Crippen LogP contribution in [-0.2, 0) is 4.74 Å². The maximum absolute atomic E-state index is 5.95. The lowest BCUT2D eigenvalue weighted by Crippen LogP contribution is -2.42. The molecule has 1 fully saturated rings. The van der Waals surface area contributed by atoms with E-state index in [1.807, 2.05) is 0 Å². The lowest BCUT2D eigenvalue weighted by molar-refractivity contribution is 0.0168. The minimum absolute atomic E-state index is 0.474. The van der Waals surface area contributed by atoms with Gasteiger partial charge in [0.1, 0.15) is 0 Å². The summed E-state index contributed by atoms with van der Waals surface area (Å²) < 4.78 is 5.95. The number of likely N-dealkylation sites (N-methyl/N-ethyl adjacent to an activating group) is 1. The Morgan fingerprint density at radius 2 is 1.94 bits per heavy atom. The van der Waals surface area contributed by atoms with E-state index in [-0.39, 0.29) is 0 Å². The fraction of sp³-hybridized carbons (Fsp3) is 1.00. The Hall–Kier alpha value is -0.0800. The number of ether oxygens (including phenoxy) is 1. The Kier molecular flexibility index (Phi) is 7.06. The highest BCUT2D eigenvalue weighted by Gasteiger charge is 2.36. The summed E-state index contributed by atoms with van der Waals surface area (Å²) in [5, 5.41) is 3.62. The Labute approximate surface area is 101 Å². The Bertz CT molecular complexity index is 168. The second-order valence-corrected chi connectivity index (χ2v) is 4.92. The molecule has 2 heteroatoms. The van der Waals surface area contributed by atoms with Gasteiger partial charge in [0.05, 0.1) is 6.10 Å². The van der Waals surface area contributed by atoms with Crippen molar-refractivity contribution in [3.05, 3.63) is 0 Å². The molecule has 0 heterocycles. The summed E-state index contributed by atoms with van der Waals surface area (Å²) in [5.74, 6) is 0.839. The zero-order valence-corrected chi connectivity index (χ0v) is 11.3. The minimum atomic E-state index is 0.474. The molecule has 2 nitrogen and oxygen atoms in total. The molecule has 1 saturated carbocycles. The fourth-order valence-electron chi connectivity index (χ4n) is 2.46. The van der Waals surface area contributed by atoms with Crippen molar-refractivity contribution < 1.29 is 4.74 Å². The van der Waals surface area contributed by atoms with Crippen LogP contribution in [0.1, 0.15) is 59.3 Å². The monoisotopic (exact) mass is 227 g/mol. The first-order valence-electron chi connectivity index (χ1n) is 7.18. The van der Waals surface area contributed by atoms with Gasteiger partial charge in [0, 0.05) is 12.6 Å². The summed E-state index contributed by atoms with van der Waals surface area (Å²) in [6.07, 6.45) is 8.50. The van der Waals surface area contributed by atoms with Crippen LogP contribution in [0.5, 0.6) is 0 Å². The van der Waals surface area contributed by atoms with Crippen molar-refractivity contribution in [3.8, 4) is 0 Å². The summed E-state index contributed by atoms with van der Waals surface area (Å²) >= 11 is 0. The van der Waals surface area contributed by atoms with Crippen LogP contribution < -0.4 is 5.32 Å². The summed E-state index contributed by atoms with van der Waals surface area (Å²) in [6, 6.07) is 0.587. The third-order valence-corrected chi connectivity index (χ3v) is 3.43. The lowest BCUT2D eigenvalue weighted by Gasteiger charge is -2.28. The van der Waals surface area contributed by atoms with Crippen molar-refractivity contribution in [1.29, 1.82) is 0 Å². The molecule has 0 amide bonds. The highest BCUT2D eigenvalue weighted by molar-refractivity contribution is 4.90. The third kappa shape index (κ3) is 4.84. The zero-order chi connectivity index (χ0) is 11.8. The van der Waals surface area contributed by atoms with E-state index >= 15 is 0 Å². The van der Waals surface area contributed by atoms with E-state index in [4.69, 9.17) is 4.74 Å². The molecule has 16 heavy (non-hydrogen) atoms. The van der Waals surface area contributed by atoms with Gasteiger partial charge in [-0.25, -0.2) is 0 Å². The normalized spacial score (nSPS) is 19.7. The fourth-order valence-corrected chi connectivity index (χ4v) is 2.46. The highest BCUT2D eigenvalue weighted by Crippen LogP contribution is 2.36. The van der Waals surface area contributed by atoms with Gasteiger partial charge in [-0.3, -0.25) is 0 Å². The first-order chi connectivity index (χ1) is 7.83. The van der Waals surface area contributed by atoms with Crippen molar-refractivity contribution >= 4 is 0 Å². The lowest BCUT2D eigenvalue weighted by atomic mass is 9.99. The molecule has 0 radical (unpaired) electrons. The van der Waals surface area contributed by atoms with Crippen molar-refractivity contribution in [2.75, 3.05) is 13.2 Å². The minimum Gasteiger partial charge on any atom is -0.377 e. The quantitative estimate of drug-likeness (QED) is 0.578. The molecule has 2 atom stereocenters. The number of unbranched alkanes of at least 4 members (excludes halogenated alkanes) is 2. The van der Waals surface area contributed by atoms with Crippen LogP contribution in [0.4, 0.5) is 0 Å². The molecule has 0 spiro atoms. The molecule has 1 rings (SSSR count). The second kappa shape index (κ2) is 8.08. The predicted octanol–water partition coefficient (Wildman–Crippen LogP) is 3.36. The van der Waals surface area contributed by atoms with Crippen LogP contribution in [0.15, 0.2) is 0 Å². The molecule has 0 aromatic heterocycles. The smallest absolute Gasteiger partial charge is 0.0755 e. The largest absolute Gasteiger partial charge is 0.377 e. The van der Waals surface area contributed by atoms with E-state index in [1.54, 1.807) is 0 Å². The average molecular weight is 227 g/mol. The number of rotatable bonds is 10. The van der Waals surface area contributed by atoms with E-state index in [2.05, 4.69) is 26.1 Å². The maximum atomic E-state index is 5.95. The number of hydrogen-bond acceptors (Lipinski definition) is 2. The van der Waals surface area contributed by atoms with Gasteiger partial charge < -0.3 is 10.1 Å². The topological polar surface area (TPSA) is 21.3 Å². The Balaban J connectivity index is 2.37. The van der Waals surface area contributed by atoms with Gasteiger partial charge in [-0.1, -0.05) is 33.1 Å². The van der Waals surface area contributed by atoms with Crippen molar-refractivity contribution in [1.82, 2.24) is 5.32 Å². The average Bonchev–Trinajstić information content (AvgIpc) is 3.09. The molecule has 96 valence electrons. The molecular weight excluding hydrogens is 198 g/mol. The van der Waals surface area contributed by atoms with Gasteiger partial charge in [0.15, 0.2) is 0 Å². The molecule has 0 saturated heterocycles. The zero-order valence-electron chi connectivity index (χ0n) is 11.3. The first-order valence-corrected chi connectivity index (χ1v) is 7.18. The molecule has 0 bridgehead atoms. The van der Waals surface area contributed by atoms with Crippen LogP contribution in [0.2, 0.25) is 0 Å². The SMILES string of the molecule is CCCCCC(NCC)C(OCC)C1CC1. The Morgan fingerprint density at radius 3 is 2.44 bits per heavy atom. The van der Waals surface area contributed by atoms with Crippen LogP contribution in [-0.4, -0.2) is 25.3 Å². The maximum Gasteiger partial charge on any atom is 0.0755 e. The molecule has 1 aliphatic carbocycles. The molecule has 2 unspecified atom stereocenters. The summed E-state index contributed by atoms with van der Waals surface area (Å²) in [6.45, 7) is 8.50. The van der Waals surface area contributed by atoms with E-state index < -0.39 is 0 Å². The van der Waals surface area contributed by atoms with Gasteiger partial charge in [0.2, 0.25) is 0 Å². The van der Waals surface area contributed by atoms with Gasteiger partial charge in [-0.05, 0) is 38.6 Å². The molecule has 1 aliphatic rings. The van der Waals surface area contributed by atoms with Crippen LogP contribution >= 0.6 is 0 Å². The molecular formula is C14H29NO. The van der Waals surface area contributed by atoms with Gasteiger partial charge in [0.25, 0.3) is 0 Å². The molecule has 0 aromatic rings. The van der Waals surface area contributed by atoms with Crippen LogP contribution in [0.3, 0.4) is 0 Å². The van der Waals surface area contributed by atoms with E-state index in [0.717, 1.165) is 19.1 Å². The summed E-state index contributed by atoms with van der Waals surface area (Å²) in [4.78, 5) is 0. The van der Waals surface area contributed by atoms with E-state index in [0.29, 0.717) is 12.1 Å². The second-order valence-electron chi connectivity index (χ2n) is 4.92. The Morgan fingerprint density at radius 1 is 1.19 bits per heavy atom. The van der Waals surface area contributed by atoms with Crippen molar-refractivity contribution in [2.45, 2.75) is 71.4 Å². The molecule has 0 aromatic carbocycles. The van der Waals surface area contributed by atoms with Gasteiger partial charge >= 0.3 is 0 Å². The number of nitrogens with one attached hydrogen (secondary N) is 1. The molecule has 1 N–H and O–H groups in total. The highest BCUT2D eigenvalue weighted by atomic mass is 16.5. The van der Waals surface area contributed by atoms with Crippen molar-refractivity contribution in [2.24, 2.45) is 5.92 Å². The van der Waals surface area contributed by atoms with Gasteiger partial charge in [-0.2, -0.15) is 0 Å². The summed E-state index contributed by atoms with van der Waals surface area (Å²) in [5.41, 5.74) is 0. The summed E-state index contributed by atoms with van der Waals surface area (Å²) in [7, 11) is 0. The molecule has 0 aliphatic heterocycles. The third-order valence-electron chi connectivity index (χ3n) is 3.43.